The second kappa shape index (κ2) is 5.74. The SMILES string of the molecule is CCC(CC)(c1ccccc1)c1nc(Cl)c2ccsc2n1. The van der Waals surface area contributed by atoms with Crippen molar-refractivity contribution < 1.29 is 0 Å². The average Bonchev–Trinajstić information content (AvgIpc) is 2.99. The van der Waals surface area contributed by atoms with Crippen molar-refractivity contribution in [2.24, 2.45) is 0 Å². The zero-order chi connectivity index (χ0) is 14.9. The third-order valence-electron chi connectivity index (χ3n) is 4.24. The molecule has 0 saturated heterocycles. The van der Waals surface area contributed by atoms with Crippen LogP contribution in [-0.2, 0) is 5.41 Å². The smallest absolute Gasteiger partial charge is 0.142 e. The third kappa shape index (κ3) is 2.34. The highest BCUT2D eigenvalue weighted by molar-refractivity contribution is 7.16. The molecule has 108 valence electrons. The fraction of sp³-hybridized carbons (Fsp3) is 0.294. The van der Waals surface area contributed by atoms with E-state index in [1.165, 1.54) is 5.56 Å². The summed E-state index contributed by atoms with van der Waals surface area (Å²) in [6.07, 6.45) is 1.89. The number of hydrogen-bond acceptors (Lipinski definition) is 3. The predicted octanol–water partition coefficient (Wildman–Crippen LogP) is 5.45. The van der Waals surface area contributed by atoms with E-state index in [0.717, 1.165) is 28.9 Å². The molecule has 0 N–H and O–H groups in total. The number of rotatable bonds is 4. The lowest BCUT2D eigenvalue weighted by atomic mass is 9.75. The summed E-state index contributed by atoms with van der Waals surface area (Å²) in [5.74, 6) is 0.832. The van der Waals surface area contributed by atoms with Crippen molar-refractivity contribution in [1.29, 1.82) is 0 Å². The Morgan fingerprint density at radius 3 is 2.43 bits per heavy atom. The third-order valence-corrected chi connectivity index (χ3v) is 5.33. The van der Waals surface area contributed by atoms with Crippen molar-refractivity contribution in [3.05, 3.63) is 58.3 Å². The van der Waals surface area contributed by atoms with Crippen molar-refractivity contribution in [3.63, 3.8) is 0 Å². The molecule has 0 bridgehead atoms. The number of hydrogen-bond donors (Lipinski definition) is 0. The molecule has 1 aromatic carbocycles. The lowest BCUT2D eigenvalue weighted by molar-refractivity contribution is 0.451. The maximum absolute atomic E-state index is 6.37. The first-order chi connectivity index (χ1) is 10.2. The second-order valence-electron chi connectivity index (χ2n) is 5.13. The predicted molar refractivity (Wildman–Crippen MR) is 90.2 cm³/mol. The van der Waals surface area contributed by atoms with Gasteiger partial charge < -0.3 is 0 Å². The van der Waals surface area contributed by atoms with Crippen LogP contribution in [-0.4, -0.2) is 9.97 Å². The zero-order valence-corrected chi connectivity index (χ0v) is 13.7. The van der Waals surface area contributed by atoms with E-state index in [4.69, 9.17) is 16.6 Å². The lowest BCUT2D eigenvalue weighted by Crippen LogP contribution is -2.28. The minimum absolute atomic E-state index is 0.178. The van der Waals surface area contributed by atoms with E-state index in [1.54, 1.807) is 11.3 Å². The summed E-state index contributed by atoms with van der Waals surface area (Å²) in [5.41, 5.74) is 1.07. The van der Waals surface area contributed by atoms with Crippen molar-refractivity contribution in [2.75, 3.05) is 0 Å². The van der Waals surface area contributed by atoms with Gasteiger partial charge in [-0.05, 0) is 29.9 Å². The summed E-state index contributed by atoms with van der Waals surface area (Å²) in [6, 6.07) is 12.5. The van der Waals surface area contributed by atoms with Crippen molar-refractivity contribution in [2.45, 2.75) is 32.1 Å². The van der Waals surface area contributed by atoms with Gasteiger partial charge in [0, 0.05) is 5.39 Å². The number of thiophene rings is 1. The van der Waals surface area contributed by atoms with Crippen LogP contribution in [0.5, 0.6) is 0 Å². The highest BCUT2D eigenvalue weighted by Gasteiger charge is 2.34. The van der Waals surface area contributed by atoms with Gasteiger partial charge in [0.05, 0.1) is 5.41 Å². The Hall–Kier alpha value is -1.45. The normalized spacial score (nSPS) is 12.0. The van der Waals surface area contributed by atoms with Crippen LogP contribution >= 0.6 is 22.9 Å². The number of benzene rings is 1. The van der Waals surface area contributed by atoms with Gasteiger partial charge in [-0.15, -0.1) is 11.3 Å². The van der Waals surface area contributed by atoms with E-state index >= 15 is 0 Å². The topological polar surface area (TPSA) is 25.8 Å². The molecule has 3 aromatic rings. The van der Waals surface area contributed by atoms with Crippen LogP contribution in [0.4, 0.5) is 0 Å². The standard InChI is InChI=1S/C17H17ClN2S/c1-3-17(4-2,12-8-6-5-7-9-12)16-19-14(18)13-10-11-21-15(13)20-16/h5-11H,3-4H2,1-2H3. The Bertz CT molecular complexity index is 748. The molecule has 0 aliphatic heterocycles. The Morgan fingerprint density at radius 2 is 1.76 bits per heavy atom. The van der Waals surface area contributed by atoms with E-state index in [2.05, 4.69) is 43.1 Å². The first-order valence-electron chi connectivity index (χ1n) is 7.18. The van der Waals surface area contributed by atoms with Crippen LogP contribution in [0.25, 0.3) is 10.2 Å². The molecule has 2 nitrogen and oxygen atoms in total. The Labute approximate surface area is 133 Å². The lowest BCUT2D eigenvalue weighted by Gasteiger charge is -2.30. The van der Waals surface area contributed by atoms with Crippen LogP contribution in [0, 0.1) is 0 Å². The van der Waals surface area contributed by atoms with Crippen LogP contribution in [0.1, 0.15) is 38.1 Å². The van der Waals surface area contributed by atoms with Crippen molar-refractivity contribution in [1.82, 2.24) is 9.97 Å². The van der Waals surface area contributed by atoms with Gasteiger partial charge in [-0.2, -0.15) is 0 Å². The fourth-order valence-electron chi connectivity index (χ4n) is 2.89. The van der Waals surface area contributed by atoms with E-state index in [9.17, 15) is 0 Å². The minimum Gasteiger partial charge on any atom is -0.221 e. The minimum atomic E-state index is -0.178. The molecule has 0 radical (unpaired) electrons. The molecule has 0 unspecified atom stereocenters. The zero-order valence-electron chi connectivity index (χ0n) is 12.1. The molecule has 0 saturated carbocycles. The van der Waals surface area contributed by atoms with Crippen LogP contribution < -0.4 is 0 Å². The second-order valence-corrected chi connectivity index (χ2v) is 6.39. The molecule has 3 rings (SSSR count). The highest BCUT2D eigenvalue weighted by atomic mass is 35.5. The number of halogens is 1. The molecule has 0 amide bonds. The summed E-state index contributed by atoms with van der Waals surface area (Å²) in [7, 11) is 0. The van der Waals surface area contributed by atoms with Crippen molar-refractivity contribution in [3.8, 4) is 0 Å². The van der Waals surface area contributed by atoms with Crippen LogP contribution in [0.15, 0.2) is 41.8 Å². The summed E-state index contributed by atoms with van der Waals surface area (Å²) in [5, 5.41) is 3.51. The van der Waals surface area contributed by atoms with Gasteiger partial charge in [0.1, 0.15) is 15.8 Å². The summed E-state index contributed by atoms with van der Waals surface area (Å²) < 4.78 is 0. The first-order valence-corrected chi connectivity index (χ1v) is 8.43. The number of aromatic nitrogens is 2. The van der Waals surface area contributed by atoms with E-state index in [1.807, 2.05) is 17.5 Å². The van der Waals surface area contributed by atoms with Crippen LogP contribution in [0.2, 0.25) is 5.15 Å². The number of fused-ring (bicyclic) bond motifs is 1. The molecular weight excluding hydrogens is 300 g/mol. The quantitative estimate of drug-likeness (QED) is 0.598. The molecule has 0 aliphatic rings. The fourth-order valence-corrected chi connectivity index (χ4v) is 3.95. The van der Waals surface area contributed by atoms with Gasteiger partial charge in [0.15, 0.2) is 0 Å². The summed E-state index contributed by atoms with van der Waals surface area (Å²) in [4.78, 5) is 10.4. The maximum Gasteiger partial charge on any atom is 0.142 e. The monoisotopic (exact) mass is 316 g/mol. The Balaban J connectivity index is 2.24. The van der Waals surface area contributed by atoms with E-state index in [0.29, 0.717) is 5.15 Å². The molecule has 21 heavy (non-hydrogen) atoms. The highest BCUT2D eigenvalue weighted by Crippen LogP contribution is 2.38. The molecule has 0 atom stereocenters. The average molecular weight is 317 g/mol. The molecule has 0 fully saturated rings. The first kappa shape index (κ1) is 14.5. The van der Waals surface area contributed by atoms with E-state index < -0.39 is 0 Å². The van der Waals surface area contributed by atoms with Crippen molar-refractivity contribution >= 4 is 33.2 Å². The molecule has 2 heterocycles. The Morgan fingerprint density at radius 1 is 1.05 bits per heavy atom. The van der Waals surface area contributed by atoms with Gasteiger partial charge in [0.2, 0.25) is 0 Å². The molecular formula is C17H17ClN2S. The maximum atomic E-state index is 6.37. The number of nitrogens with zero attached hydrogens (tertiary/aromatic N) is 2. The van der Waals surface area contributed by atoms with Gasteiger partial charge in [0.25, 0.3) is 0 Å². The van der Waals surface area contributed by atoms with Gasteiger partial charge >= 0.3 is 0 Å². The summed E-state index contributed by atoms with van der Waals surface area (Å²) >= 11 is 7.98. The van der Waals surface area contributed by atoms with Crippen LogP contribution in [0.3, 0.4) is 0 Å². The van der Waals surface area contributed by atoms with Gasteiger partial charge in [-0.1, -0.05) is 55.8 Å². The van der Waals surface area contributed by atoms with Gasteiger partial charge in [-0.25, -0.2) is 9.97 Å². The van der Waals surface area contributed by atoms with E-state index in [-0.39, 0.29) is 5.41 Å². The molecule has 0 spiro atoms. The van der Waals surface area contributed by atoms with Gasteiger partial charge in [-0.3, -0.25) is 0 Å². The molecule has 2 aromatic heterocycles. The molecule has 4 heteroatoms. The summed E-state index contributed by atoms with van der Waals surface area (Å²) in [6.45, 7) is 4.37. The molecule has 0 aliphatic carbocycles. The largest absolute Gasteiger partial charge is 0.221 e. The Kier molecular flexibility index (Phi) is 3.96.